The smallest absolute Gasteiger partial charge is 0.228 e. The van der Waals surface area contributed by atoms with Gasteiger partial charge in [0.25, 0.3) is 0 Å². The van der Waals surface area contributed by atoms with Crippen LogP contribution in [0.15, 0.2) is 0 Å². The summed E-state index contributed by atoms with van der Waals surface area (Å²) < 4.78 is 0. The summed E-state index contributed by atoms with van der Waals surface area (Å²) in [7, 11) is 0. The SMILES string of the molecule is CCCC(C)(C)OOC(CC)(CCC)OOC(C)(C)CCC. The normalized spacial score (nSPS) is 13.6. The largest absolute Gasteiger partial charge is 0.233 e. The van der Waals surface area contributed by atoms with Gasteiger partial charge in [-0.25, -0.2) is 9.78 Å². The first-order chi connectivity index (χ1) is 10.2. The minimum absolute atomic E-state index is 0.328. The van der Waals surface area contributed by atoms with Crippen molar-refractivity contribution in [1.82, 2.24) is 0 Å². The highest BCUT2D eigenvalue weighted by molar-refractivity contribution is 4.69. The molecule has 0 spiro atoms. The standard InChI is InChI=1S/C18H38O4/c1-9-13-16(5,6)19-21-18(12-4,15-11-3)22-20-17(7,8)14-10-2/h9-15H2,1-8H3. The molecule has 0 aliphatic carbocycles. The van der Waals surface area contributed by atoms with E-state index in [-0.39, 0.29) is 11.2 Å². The van der Waals surface area contributed by atoms with Crippen LogP contribution < -0.4 is 0 Å². The molecule has 0 fully saturated rings. The molecule has 0 aromatic carbocycles. The number of hydrogen-bond acceptors (Lipinski definition) is 4. The zero-order valence-electron chi connectivity index (χ0n) is 16.1. The Balaban J connectivity index is 4.77. The summed E-state index contributed by atoms with van der Waals surface area (Å²) in [4.78, 5) is 22.9. The van der Waals surface area contributed by atoms with Crippen molar-refractivity contribution in [3.8, 4) is 0 Å². The van der Waals surface area contributed by atoms with E-state index in [0.29, 0.717) is 6.42 Å². The molecule has 22 heavy (non-hydrogen) atoms. The molecule has 4 nitrogen and oxygen atoms in total. The van der Waals surface area contributed by atoms with E-state index < -0.39 is 5.79 Å². The van der Waals surface area contributed by atoms with Crippen LogP contribution in [0.25, 0.3) is 0 Å². The lowest BCUT2D eigenvalue weighted by molar-refractivity contribution is -0.545. The molecule has 0 aromatic rings. The molecular formula is C18H38O4. The Bertz CT molecular complexity index is 265. The van der Waals surface area contributed by atoms with E-state index in [9.17, 15) is 0 Å². The minimum Gasteiger partial charge on any atom is -0.228 e. The predicted molar refractivity (Wildman–Crippen MR) is 90.2 cm³/mol. The monoisotopic (exact) mass is 318 g/mol. The third-order valence-electron chi connectivity index (χ3n) is 3.71. The van der Waals surface area contributed by atoms with Gasteiger partial charge in [0.2, 0.25) is 5.79 Å². The Kier molecular flexibility index (Phi) is 9.79. The fourth-order valence-corrected chi connectivity index (χ4v) is 2.44. The summed E-state index contributed by atoms with van der Waals surface area (Å²) in [5.41, 5.74) is -0.656. The van der Waals surface area contributed by atoms with Gasteiger partial charge in [0, 0.05) is 12.8 Å². The van der Waals surface area contributed by atoms with Crippen molar-refractivity contribution in [2.75, 3.05) is 0 Å². The Labute approximate surface area is 137 Å². The van der Waals surface area contributed by atoms with Gasteiger partial charge in [-0.2, -0.15) is 9.78 Å². The van der Waals surface area contributed by atoms with Gasteiger partial charge in [-0.3, -0.25) is 0 Å². The summed E-state index contributed by atoms with van der Waals surface area (Å²) >= 11 is 0. The van der Waals surface area contributed by atoms with Crippen LogP contribution in [-0.4, -0.2) is 17.0 Å². The van der Waals surface area contributed by atoms with E-state index in [2.05, 4.69) is 20.8 Å². The van der Waals surface area contributed by atoms with Gasteiger partial charge in [0.1, 0.15) is 0 Å². The highest BCUT2D eigenvalue weighted by Gasteiger charge is 2.37. The molecule has 0 bridgehead atoms. The van der Waals surface area contributed by atoms with E-state index in [1.165, 1.54) is 0 Å². The molecule has 0 aliphatic heterocycles. The Morgan fingerprint density at radius 1 is 0.545 bits per heavy atom. The lowest BCUT2D eigenvalue weighted by Gasteiger charge is -2.36. The quantitative estimate of drug-likeness (QED) is 0.239. The molecular weight excluding hydrogens is 280 g/mol. The van der Waals surface area contributed by atoms with E-state index in [0.717, 1.165) is 38.5 Å². The number of hydrogen-bond donors (Lipinski definition) is 0. The highest BCUT2D eigenvalue weighted by Crippen LogP contribution is 2.31. The van der Waals surface area contributed by atoms with Crippen LogP contribution in [0.3, 0.4) is 0 Å². The van der Waals surface area contributed by atoms with Gasteiger partial charge in [-0.15, -0.1) is 0 Å². The van der Waals surface area contributed by atoms with Crippen molar-refractivity contribution in [3.05, 3.63) is 0 Å². The first kappa shape index (κ1) is 21.8. The third kappa shape index (κ3) is 8.47. The van der Waals surface area contributed by atoms with E-state index in [1.54, 1.807) is 0 Å². The molecule has 0 unspecified atom stereocenters. The van der Waals surface area contributed by atoms with Crippen LogP contribution in [0.2, 0.25) is 0 Å². The summed E-state index contributed by atoms with van der Waals surface area (Å²) in [5.74, 6) is -0.842. The summed E-state index contributed by atoms with van der Waals surface area (Å²) in [6.07, 6.45) is 6.29. The lowest BCUT2D eigenvalue weighted by Crippen LogP contribution is -2.41. The first-order valence-electron chi connectivity index (χ1n) is 8.89. The van der Waals surface area contributed by atoms with Gasteiger partial charge in [0.05, 0.1) is 11.2 Å². The lowest BCUT2D eigenvalue weighted by atomic mass is 10.0. The molecule has 0 atom stereocenters. The van der Waals surface area contributed by atoms with Gasteiger partial charge < -0.3 is 0 Å². The molecule has 4 heteroatoms. The first-order valence-corrected chi connectivity index (χ1v) is 8.89. The third-order valence-corrected chi connectivity index (χ3v) is 3.71. The van der Waals surface area contributed by atoms with E-state index in [1.807, 2.05) is 34.6 Å². The summed E-state index contributed by atoms with van der Waals surface area (Å²) in [6.45, 7) is 16.5. The van der Waals surface area contributed by atoms with Crippen molar-refractivity contribution in [1.29, 1.82) is 0 Å². The molecule has 0 amide bonds. The van der Waals surface area contributed by atoms with Crippen molar-refractivity contribution in [2.45, 2.75) is 117 Å². The Morgan fingerprint density at radius 3 is 1.18 bits per heavy atom. The van der Waals surface area contributed by atoms with Crippen LogP contribution >= 0.6 is 0 Å². The maximum atomic E-state index is 5.76. The molecule has 0 aliphatic rings. The molecule has 0 radical (unpaired) electrons. The van der Waals surface area contributed by atoms with Gasteiger partial charge in [-0.1, -0.05) is 47.0 Å². The molecule has 0 saturated carbocycles. The molecule has 0 N–H and O–H groups in total. The maximum Gasteiger partial charge on any atom is 0.233 e. The minimum atomic E-state index is -0.842. The summed E-state index contributed by atoms with van der Waals surface area (Å²) in [5, 5.41) is 0. The summed E-state index contributed by atoms with van der Waals surface area (Å²) in [6, 6.07) is 0. The fourth-order valence-electron chi connectivity index (χ4n) is 2.44. The van der Waals surface area contributed by atoms with Crippen LogP contribution in [0.4, 0.5) is 0 Å². The van der Waals surface area contributed by atoms with Gasteiger partial charge in [0.15, 0.2) is 0 Å². The fraction of sp³-hybridized carbons (Fsp3) is 1.00. The second-order valence-corrected chi connectivity index (χ2v) is 7.37. The molecule has 0 aromatic heterocycles. The molecule has 0 saturated heterocycles. The average Bonchev–Trinajstić information content (AvgIpc) is 2.42. The zero-order valence-corrected chi connectivity index (χ0v) is 16.1. The van der Waals surface area contributed by atoms with Crippen LogP contribution in [0.5, 0.6) is 0 Å². The van der Waals surface area contributed by atoms with Crippen LogP contribution in [-0.2, 0) is 19.6 Å². The van der Waals surface area contributed by atoms with Crippen molar-refractivity contribution in [3.63, 3.8) is 0 Å². The van der Waals surface area contributed by atoms with Crippen molar-refractivity contribution in [2.24, 2.45) is 0 Å². The Hall–Kier alpha value is -0.160. The molecule has 134 valence electrons. The van der Waals surface area contributed by atoms with Crippen LogP contribution in [0.1, 0.15) is 100 Å². The second-order valence-electron chi connectivity index (χ2n) is 7.37. The number of rotatable bonds is 13. The predicted octanol–water partition coefficient (Wildman–Crippen LogP) is 5.95. The Morgan fingerprint density at radius 2 is 0.909 bits per heavy atom. The highest BCUT2D eigenvalue weighted by atomic mass is 17.3. The average molecular weight is 318 g/mol. The van der Waals surface area contributed by atoms with Crippen molar-refractivity contribution >= 4 is 0 Å². The second kappa shape index (κ2) is 9.86. The maximum absolute atomic E-state index is 5.76. The molecule has 0 heterocycles. The van der Waals surface area contributed by atoms with Gasteiger partial charge in [-0.05, 0) is 40.5 Å². The molecule has 0 rings (SSSR count). The zero-order chi connectivity index (χ0) is 17.3. The van der Waals surface area contributed by atoms with E-state index >= 15 is 0 Å². The topological polar surface area (TPSA) is 36.9 Å². The van der Waals surface area contributed by atoms with Crippen LogP contribution in [0, 0.1) is 0 Å². The van der Waals surface area contributed by atoms with E-state index in [4.69, 9.17) is 19.6 Å². The van der Waals surface area contributed by atoms with Crippen molar-refractivity contribution < 1.29 is 19.6 Å². The van der Waals surface area contributed by atoms with Gasteiger partial charge >= 0.3 is 0 Å².